The van der Waals surface area contributed by atoms with Crippen LogP contribution in [0.3, 0.4) is 0 Å². The molecule has 0 atom stereocenters. The van der Waals surface area contributed by atoms with E-state index in [-0.39, 0.29) is 0 Å². The Morgan fingerprint density at radius 2 is 0.884 bits per heavy atom. The van der Waals surface area contributed by atoms with Gasteiger partial charge in [-0.1, -0.05) is 146 Å². The van der Waals surface area contributed by atoms with Crippen LogP contribution >= 0.6 is 0 Å². The second-order valence-electron chi connectivity index (χ2n) is 11.1. The molecule has 0 fully saturated rings. The maximum atomic E-state index is 9.70. The molecule has 0 aliphatic carbocycles. The predicted octanol–water partition coefficient (Wildman–Crippen LogP) is 12.0. The van der Waals surface area contributed by atoms with Gasteiger partial charge in [-0.15, -0.1) is 0 Å². The summed E-state index contributed by atoms with van der Waals surface area (Å²) in [5.41, 5.74) is 8.45. The topological polar surface area (TPSA) is 13.1 Å². The third-order valence-electron chi connectivity index (χ3n) is 8.74. The molecule has 0 radical (unpaired) electrons. The summed E-state index contributed by atoms with van der Waals surface area (Å²) in [7, 11) is 0. The van der Waals surface area contributed by atoms with Crippen molar-refractivity contribution in [3.05, 3.63) is 158 Å². The number of rotatable bonds is 3. The van der Waals surface area contributed by atoms with Crippen molar-refractivity contribution in [1.82, 2.24) is 0 Å². The molecule has 0 amide bonds. The third kappa shape index (κ3) is 3.65. The Labute approximate surface area is 250 Å². The van der Waals surface area contributed by atoms with Crippen LogP contribution < -0.4 is 0 Å². The molecule has 0 spiro atoms. The number of benzene rings is 8. The summed E-state index contributed by atoms with van der Waals surface area (Å²) in [5, 5.41) is 8.49. The van der Waals surface area contributed by atoms with Crippen LogP contribution in [0.4, 0.5) is 0 Å². The van der Waals surface area contributed by atoms with E-state index in [2.05, 4.69) is 121 Å². The fourth-order valence-corrected chi connectivity index (χ4v) is 6.83. The van der Waals surface area contributed by atoms with E-state index < -0.39 is 0 Å². The first-order valence-electron chi connectivity index (χ1n) is 15.2. The van der Waals surface area contributed by atoms with E-state index in [1.807, 2.05) is 30.3 Å². The maximum Gasteiger partial charge on any atom is 0.143 e. The van der Waals surface area contributed by atoms with Crippen molar-refractivity contribution < 1.29 is 5.79 Å². The van der Waals surface area contributed by atoms with E-state index >= 15 is 0 Å². The monoisotopic (exact) mass is 547 g/mol. The molecule has 0 saturated carbocycles. The van der Waals surface area contributed by atoms with Gasteiger partial charge in [0.25, 0.3) is 0 Å². The molecule has 200 valence electrons. The minimum absolute atomic E-state index is 0.523. The summed E-state index contributed by atoms with van der Waals surface area (Å²) in [6.45, 7) is 0. The summed E-state index contributed by atoms with van der Waals surface area (Å²) in [4.78, 5) is 0. The largest absolute Gasteiger partial charge is 0.455 e. The normalized spacial score (nSPS) is 12.0. The average molecular weight is 548 g/mol. The Balaban J connectivity index is 1.42. The van der Waals surface area contributed by atoms with E-state index in [0.29, 0.717) is 6.04 Å². The minimum Gasteiger partial charge on any atom is -0.455 e. The van der Waals surface area contributed by atoms with Gasteiger partial charge in [-0.3, -0.25) is 0 Å². The van der Waals surface area contributed by atoms with E-state index in [1.165, 1.54) is 33.0 Å². The van der Waals surface area contributed by atoms with Crippen LogP contribution in [0.15, 0.2) is 162 Å². The third-order valence-corrected chi connectivity index (χ3v) is 8.74. The van der Waals surface area contributed by atoms with Crippen LogP contribution in [0.1, 0.15) is 1.37 Å². The molecule has 0 bridgehead atoms. The quantitative estimate of drug-likeness (QED) is 0.201. The molecule has 0 aliphatic rings. The highest BCUT2D eigenvalue weighted by molar-refractivity contribution is 6.28. The summed E-state index contributed by atoms with van der Waals surface area (Å²) >= 11 is 0. The van der Waals surface area contributed by atoms with Crippen molar-refractivity contribution in [3.63, 3.8) is 0 Å². The van der Waals surface area contributed by atoms with Gasteiger partial charge in [0.15, 0.2) is 0 Å². The number of furan rings is 1. The zero-order chi connectivity index (χ0) is 29.2. The molecule has 9 aromatic rings. The molecule has 0 unspecified atom stereocenters. The van der Waals surface area contributed by atoms with Crippen molar-refractivity contribution in [3.8, 4) is 33.4 Å². The van der Waals surface area contributed by atoms with Crippen LogP contribution in [-0.2, 0) is 0 Å². The predicted molar refractivity (Wildman–Crippen MR) is 183 cm³/mol. The molecule has 0 N–H and O–H groups in total. The Kier molecular flexibility index (Phi) is 5.04. The van der Waals surface area contributed by atoms with Crippen LogP contribution in [0.25, 0.3) is 87.6 Å². The molecule has 43 heavy (non-hydrogen) atoms. The minimum atomic E-state index is 0.523. The molecule has 0 saturated heterocycles. The van der Waals surface area contributed by atoms with Crippen LogP contribution in [0.2, 0.25) is 0 Å². The molecule has 9 rings (SSSR count). The fourth-order valence-electron chi connectivity index (χ4n) is 6.83. The molecule has 1 nitrogen and oxygen atoms in total. The molecular formula is C42H26O. The lowest BCUT2D eigenvalue weighted by atomic mass is 9.84. The zero-order valence-corrected chi connectivity index (χ0v) is 23.3. The standard InChI is InChI=1S/C42H26O/c1-2-12-27(13-3-1)28-22-24-29(25-23-28)39-32-16-6-8-18-34(32)40(35-19-9-7-17-33(35)39)37-26-30-14-4-5-15-31(30)42-41(37)36-20-10-11-21-38(36)43-42/h1-26H/i26D. The van der Waals surface area contributed by atoms with Gasteiger partial charge in [-0.25, -0.2) is 0 Å². The summed E-state index contributed by atoms with van der Waals surface area (Å²) in [6.07, 6.45) is 0. The number of para-hydroxylation sites is 1. The highest BCUT2D eigenvalue weighted by Crippen LogP contribution is 2.48. The van der Waals surface area contributed by atoms with Gasteiger partial charge in [0.05, 0.1) is 1.37 Å². The van der Waals surface area contributed by atoms with E-state index in [1.54, 1.807) is 0 Å². The van der Waals surface area contributed by atoms with Crippen LogP contribution in [0.5, 0.6) is 0 Å². The van der Waals surface area contributed by atoms with Gasteiger partial charge in [0.1, 0.15) is 11.2 Å². The van der Waals surface area contributed by atoms with Gasteiger partial charge < -0.3 is 4.42 Å². The lowest BCUT2D eigenvalue weighted by Crippen LogP contribution is -1.92. The van der Waals surface area contributed by atoms with E-state index in [9.17, 15) is 1.37 Å². The number of fused-ring (bicyclic) bond motifs is 7. The van der Waals surface area contributed by atoms with Crippen molar-refractivity contribution in [2.24, 2.45) is 0 Å². The first-order valence-corrected chi connectivity index (χ1v) is 14.7. The molecule has 1 heterocycles. The molecule has 0 aliphatic heterocycles. The van der Waals surface area contributed by atoms with Crippen molar-refractivity contribution >= 4 is 54.3 Å². The van der Waals surface area contributed by atoms with E-state index in [4.69, 9.17) is 4.42 Å². The SMILES string of the molecule is [2H]c1c(-c2c3ccccc3c(-c3ccc(-c4ccccc4)cc3)c3ccccc23)c2c3ccccc3oc2c2ccccc12. The van der Waals surface area contributed by atoms with Crippen molar-refractivity contribution in [2.45, 2.75) is 0 Å². The summed E-state index contributed by atoms with van der Waals surface area (Å²) in [6, 6.07) is 53.6. The number of hydrogen-bond acceptors (Lipinski definition) is 1. The average Bonchev–Trinajstić information content (AvgIpc) is 3.48. The summed E-state index contributed by atoms with van der Waals surface area (Å²) in [5.74, 6) is 0. The second kappa shape index (κ2) is 9.44. The lowest BCUT2D eigenvalue weighted by molar-refractivity contribution is 0.673. The first kappa shape index (κ1) is 23.0. The zero-order valence-electron chi connectivity index (χ0n) is 24.3. The van der Waals surface area contributed by atoms with Crippen molar-refractivity contribution in [2.75, 3.05) is 0 Å². The van der Waals surface area contributed by atoms with Gasteiger partial charge >= 0.3 is 0 Å². The first-order chi connectivity index (χ1) is 21.8. The second-order valence-corrected chi connectivity index (χ2v) is 11.1. The fraction of sp³-hybridized carbons (Fsp3) is 0. The number of hydrogen-bond donors (Lipinski definition) is 0. The lowest BCUT2D eigenvalue weighted by Gasteiger charge is -2.19. The molecule has 1 heteroatoms. The van der Waals surface area contributed by atoms with Crippen LogP contribution in [0, 0.1) is 0 Å². The maximum absolute atomic E-state index is 9.70. The Morgan fingerprint density at radius 1 is 0.395 bits per heavy atom. The van der Waals surface area contributed by atoms with Gasteiger partial charge in [-0.05, 0) is 72.4 Å². The van der Waals surface area contributed by atoms with Gasteiger partial charge in [0, 0.05) is 16.2 Å². The van der Waals surface area contributed by atoms with Crippen LogP contribution in [-0.4, -0.2) is 0 Å². The molecular weight excluding hydrogens is 520 g/mol. The summed E-state index contributed by atoms with van der Waals surface area (Å²) < 4.78 is 16.3. The smallest absolute Gasteiger partial charge is 0.143 e. The Hall–Kier alpha value is -5.66. The Morgan fingerprint density at radius 3 is 1.56 bits per heavy atom. The molecule has 8 aromatic carbocycles. The van der Waals surface area contributed by atoms with Crippen molar-refractivity contribution in [1.29, 1.82) is 0 Å². The van der Waals surface area contributed by atoms with E-state index in [0.717, 1.165) is 54.6 Å². The highest BCUT2D eigenvalue weighted by Gasteiger charge is 2.21. The molecule has 1 aromatic heterocycles. The Bertz CT molecular complexity index is 2480. The van der Waals surface area contributed by atoms with Gasteiger partial charge in [-0.2, -0.15) is 0 Å². The highest BCUT2D eigenvalue weighted by atomic mass is 16.3. The van der Waals surface area contributed by atoms with Gasteiger partial charge in [0.2, 0.25) is 0 Å².